The topological polar surface area (TPSA) is 0 Å². The van der Waals surface area contributed by atoms with Crippen LogP contribution < -0.4 is 0 Å². The zero-order valence-corrected chi connectivity index (χ0v) is 10.8. The second-order valence-electron chi connectivity index (χ2n) is 3.78. The van der Waals surface area contributed by atoms with Crippen molar-refractivity contribution in [2.24, 2.45) is 0 Å². The molecule has 0 rings (SSSR count). The van der Waals surface area contributed by atoms with Crippen molar-refractivity contribution < 1.29 is 4.39 Å². The molecule has 0 bridgehead atoms. The summed E-state index contributed by atoms with van der Waals surface area (Å²) in [6.07, 6.45) is 11.9. The average Bonchev–Trinajstić information content (AvgIpc) is 2.21. The van der Waals surface area contributed by atoms with Crippen LogP contribution in [0.5, 0.6) is 0 Å². The molecule has 14 heavy (non-hydrogen) atoms. The summed E-state index contributed by atoms with van der Waals surface area (Å²) in [4.78, 5) is 0. The molecule has 0 spiro atoms. The molecule has 0 atom stereocenters. The maximum absolute atomic E-state index is 11.9. The Bertz CT molecular complexity index is 143. The minimum absolute atomic E-state index is 0.654. The van der Waals surface area contributed by atoms with E-state index in [1.54, 1.807) is 0 Å². The third-order valence-corrected chi connectivity index (χ3v) is 2.96. The van der Waals surface area contributed by atoms with E-state index in [1.165, 1.54) is 44.9 Å². The Morgan fingerprint density at radius 1 is 1.00 bits per heavy atom. The fourth-order valence-electron chi connectivity index (χ4n) is 1.48. The molecule has 0 saturated carbocycles. The highest BCUT2D eigenvalue weighted by Gasteiger charge is 1.93. The van der Waals surface area contributed by atoms with Crippen molar-refractivity contribution in [3.8, 4) is 0 Å². The number of halogens is 2. The molecule has 0 unspecified atom stereocenters. The first-order valence-electron chi connectivity index (χ1n) is 5.76. The zero-order valence-electron chi connectivity index (χ0n) is 9.20. The molecule has 0 aromatic heterocycles. The van der Waals surface area contributed by atoms with E-state index in [9.17, 15) is 4.39 Å². The van der Waals surface area contributed by atoms with Gasteiger partial charge in [0.1, 0.15) is 0 Å². The van der Waals surface area contributed by atoms with Gasteiger partial charge in [-0.1, -0.05) is 67.8 Å². The zero-order chi connectivity index (χ0) is 10.6. The van der Waals surface area contributed by atoms with Crippen molar-refractivity contribution in [3.05, 3.63) is 10.8 Å². The highest BCUT2D eigenvalue weighted by Crippen LogP contribution is 2.16. The Balaban J connectivity index is 2.99. The standard InChI is InChI=1S/C12H22BrF/c1-2-3-4-5-6-7-8-9-10-12(13)11-14/h11H,2-10H2,1H3/b12-11+. The summed E-state index contributed by atoms with van der Waals surface area (Å²) in [6, 6.07) is 0. The summed E-state index contributed by atoms with van der Waals surface area (Å²) in [5, 5.41) is 0. The molecule has 0 nitrogen and oxygen atoms in total. The molecule has 0 N–H and O–H groups in total. The summed E-state index contributed by atoms with van der Waals surface area (Å²) in [6.45, 7) is 2.24. The molecule has 0 heterocycles. The lowest BCUT2D eigenvalue weighted by Crippen LogP contribution is -1.80. The highest BCUT2D eigenvalue weighted by atomic mass is 79.9. The Morgan fingerprint density at radius 3 is 2.00 bits per heavy atom. The molecule has 0 radical (unpaired) electrons. The molecular formula is C12H22BrF. The number of rotatable bonds is 9. The predicted octanol–water partition coefficient (Wildman–Crippen LogP) is 5.72. The largest absolute Gasteiger partial charge is 0.215 e. The predicted molar refractivity (Wildman–Crippen MR) is 65.3 cm³/mol. The molecule has 0 amide bonds. The summed E-state index contributed by atoms with van der Waals surface area (Å²) in [5.41, 5.74) is 0. The Hall–Kier alpha value is 0.150. The molecular weight excluding hydrogens is 243 g/mol. The van der Waals surface area contributed by atoms with Gasteiger partial charge in [-0.2, -0.15) is 0 Å². The Kier molecular flexibility index (Phi) is 11.3. The summed E-state index contributed by atoms with van der Waals surface area (Å²) < 4.78 is 12.6. The van der Waals surface area contributed by atoms with Gasteiger partial charge < -0.3 is 0 Å². The fraction of sp³-hybridized carbons (Fsp3) is 0.833. The van der Waals surface area contributed by atoms with Crippen molar-refractivity contribution in [2.45, 2.75) is 64.7 Å². The van der Waals surface area contributed by atoms with Crippen LogP contribution in [0.4, 0.5) is 4.39 Å². The van der Waals surface area contributed by atoms with Gasteiger partial charge in [0.2, 0.25) is 0 Å². The Labute approximate surface area is 96.1 Å². The van der Waals surface area contributed by atoms with Crippen LogP contribution in [0.2, 0.25) is 0 Å². The van der Waals surface area contributed by atoms with Gasteiger partial charge in [-0.25, -0.2) is 4.39 Å². The van der Waals surface area contributed by atoms with E-state index in [-0.39, 0.29) is 0 Å². The minimum atomic E-state index is 0.654. The summed E-state index contributed by atoms with van der Waals surface area (Å²) in [7, 11) is 0. The highest BCUT2D eigenvalue weighted by molar-refractivity contribution is 9.11. The number of unbranched alkanes of at least 4 members (excludes halogenated alkanes) is 7. The van der Waals surface area contributed by atoms with Gasteiger partial charge in [0, 0.05) is 4.48 Å². The van der Waals surface area contributed by atoms with E-state index < -0.39 is 0 Å². The average molecular weight is 265 g/mol. The summed E-state index contributed by atoms with van der Waals surface area (Å²) >= 11 is 3.17. The monoisotopic (exact) mass is 264 g/mol. The van der Waals surface area contributed by atoms with Crippen LogP contribution >= 0.6 is 15.9 Å². The van der Waals surface area contributed by atoms with Gasteiger partial charge in [0.05, 0.1) is 6.33 Å². The molecule has 0 aliphatic rings. The van der Waals surface area contributed by atoms with Crippen molar-refractivity contribution in [3.63, 3.8) is 0 Å². The SMILES string of the molecule is CCCCCCCCCC/C(Br)=C\F. The molecule has 0 aromatic rings. The fourth-order valence-corrected chi connectivity index (χ4v) is 1.76. The second-order valence-corrected chi connectivity index (χ2v) is 4.80. The Morgan fingerprint density at radius 2 is 1.50 bits per heavy atom. The van der Waals surface area contributed by atoms with E-state index in [1.807, 2.05) is 0 Å². The van der Waals surface area contributed by atoms with Gasteiger partial charge >= 0.3 is 0 Å². The lowest BCUT2D eigenvalue weighted by molar-refractivity contribution is 0.576. The molecule has 0 aliphatic carbocycles. The smallest absolute Gasteiger partial charge is 0.0968 e. The van der Waals surface area contributed by atoms with Crippen LogP contribution in [-0.4, -0.2) is 0 Å². The summed E-state index contributed by atoms with van der Waals surface area (Å²) in [5.74, 6) is 0. The third kappa shape index (κ3) is 10.2. The van der Waals surface area contributed by atoms with E-state index >= 15 is 0 Å². The molecule has 0 aromatic carbocycles. The maximum Gasteiger partial charge on any atom is 0.0968 e. The normalized spacial score (nSPS) is 12.1. The van der Waals surface area contributed by atoms with E-state index in [2.05, 4.69) is 22.9 Å². The number of hydrogen-bond acceptors (Lipinski definition) is 0. The molecule has 0 fully saturated rings. The van der Waals surface area contributed by atoms with Crippen molar-refractivity contribution in [1.29, 1.82) is 0 Å². The second kappa shape index (κ2) is 11.2. The molecule has 2 heteroatoms. The van der Waals surface area contributed by atoms with Crippen molar-refractivity contribution >= 4 is 15.9 Å². The number of hydrogen-bond donors (Lipinski definition) is 0. The van der Waals surface area contributed by atoms with Crippen molar-refractivity contribution in [2.75, 3.05) is 0 Å². The third-order valence-electron chi connectivity index (χ3n) is 2.39. The maximum atomic E-state index is 11.9. The van der Waals surface area contributed by atoms with Gasteiger partial charge in [-0.3, -0.25) is 0 Å². The van der Waals surface area contributed by atoms with Gasteiger partial charge in [-0.05, 0) is 12.8 Å². The van der Waals surface area contributed by atoms with Crippen LogP contribution in [0.1, 0.15) is 64.7 Å². The molecule has 0 aliphatic heterocycles. The number of allylic oxidation sites excluding steroid dienone is 1. The first kappa shape index (κ1) is 14.2. The van der Waals surface area contributed by atoms with Gasteiger partial charge in [-0.15, -0.1) is 0 Å². The van der Waals surface area contributed by atoms with E-state index in [0.29, 0.717) is 10.8 Å². The van der Waals surface area contributed by atoms with E-state index in [0.717, 1.165) is 12.8 Å². The molecule has 84 valence electrons. The van der Waals surface area contributed by atoms with Crippen LogP contribution in [0, 0.1) is 0 Å². The molecule has 0 saturated heterocycles. The van der Waals surface area contributed by atoms with Gasteiger partial charge in [0.15, 0.2) is 0 Å². The van der Waals surface area contributed by atoms with Crippen LogP contribution in [0.15, 0.2) is 10.8 Å². The van der Waals surface area contributed by atoms with Crippen LogP contribution in [0.3, 0.4) is 0 Å². The first-order chi connectivity index (χ1) is 6.81. The van der Waals surface area contributed by atoms with Crippen LogP contribution in [0.25, 0.3) is 0 Å². The first-order valence-corrected chi connectivity index (χ1v) is 6.55. The minimum Gasteiger partial charge on any atom is -0.215 e. The van der Waals surface area contributed by atoms with Crippen LogP contribution in [-0.2, 0) is 0 Å². The van der Waals surface area contributed by atoms with E-state index in [4.69, 9.17) is 0 Å². The quantitative estimate of drug-likeness (QED) is 0.467. The lowest BCUT2D eigenvalue weighted by Gasteiger charge is -2.00. The lowest BCUT2D eigenvalue weighted by atomic mass is 10.1. The van der Waals surface area contributed by atoms with Crippen molar-refractivity contribution in [1.82, 2.24) is 0 Å². The van der Waals surface area contributed by atoms with Gasteiger partial charge in [0.25, 0.3) is 0 Å².